The fourth-order valence-corrected chi connectivity index (χ4v) is 4.47. The first-order chi connectivity index (χ1) is 10.1. The van der Waals surface area contributed by atoms with Crippen LogP contribution in [0.5, 0.6) is 0 Å². The summed E-state index contributed by atoms with van der Waals surface area (Å²) in [6, 6.07) is 8.46. The summed E-state index contributed by atoms with van der Waals surface area (Å²) in [5.41, 5.74) is 5.40. The summed E-state index contributed by atoms with van der Waals surface area (Å²) in [5.74, 6) is 0. The molecule has 0 fully saturated rings. The zero-order chi connectivity index (χ0) is 15.0. The Morgan fingerprint density at radius 3 is 2.62 bits per heavy atom. The topological polar surface area (TPSA) is 42.5 Å². The van der Waals surface area contributed by atoms with Crippen LogP contribution in [0.4, 0.5) is 0 Å². The fourth-order valence-electron chi connectivity index (χ4n) is 2.36. The van der Waals surface area contributed by atoms with Gasteiger partial charge in [0.25, 0.3) is 0 Å². The van der Waals surface area contributed by atoms with Crippen LogP contribution in [0.15, 0.2) is 43.8 Å². The number of hydrogen-bond donors (Lipinski definition) is 1. The van der Waals surface area contributed by atoms with Crippen LogP contribution in [0.25, 0.3) is 0 Å². The zero-order valence-corrected chi connectivity index (χ0v) is 14.7. The molecule has 0 spiro atoms. The molecule has 0 amide bonds. The molecule has 1 atom stereocenters. The highest BCUT2D eigenvalue weighted by atomic mass is 79.9. The van der Waals surface area contributed by atoms with Crippen LogP contribution >= 0.6 is 26.8 Å². The van der Waals surface area contributed by atoms with Gasteiger partial charge in [-0.2, -0.15) is 10.2 Å². The molecule has 110 valence electrons. The second-order valence-electron chi connectivity index (χ2n) is 5.05. The van der Waals surface area contributed by atoms with Crippen LogP contribution in [0.1, 0.15) is 17.0 Å². The van der Waals surface area contributed by atoms with Gasteiger partial charge in [-0.1, -0.05) is 18.2 Å². The maximum Gasteiger partial charge on any atom is 0.107 e. The standard InChI is InChI=1S/C15H17BrN4S/c1-10-6-4-5-7-13(10)21-9-17-18-14(21)8-20-12(3)15(16)11(2)19-20/h4-7,9,21H,8H2,1-3H3. The maximum atomic E-state index is 4.57. The molecular formula is C15H17BrN4S. The number of aryl methyl sites for hydroxylation is 2. The highest BCUT2D eigenvalue weighted by Crippen LogP contribution is 2.40. The monoisotopic (exact) mass is 364 g/mol. The van der Waals surface area contributed by atoms with E-state index in [4.69, 9.17) is 0 Å². The average Bonchev–Trinajstić information content (AvgIpc) is 3.01. The van der Waals surface area contributed by atoms with E-state index in [2.05, 4.69) is 69.3 Å². The van der Waals surface area contributed by atoms with E-state index in [0.717, 1.165) is 20.9 Å². The average molecular weight is 365 g/mol. The van der Waals surface area contributed by atoms with Crippen molar-refractivity contribution in [2.75, 3.05) is 0 Å². The quantitative estimate of drug-likeness (QED) is 0.822. The van der Waals surface area contributed by atoms with Crippen LogP contribution in [0, 0.1) is 20.8 Å². The molecule has 0 bridgehead atoms. The van der Waals surface area contributed by atoms with E-state index in [1.165, 1.54) is 10.5 Å². The molecule has 6 heteroatoms. The first-order valence-electron chi connectivity index (χ1n) is 6.72. The summed E-state index contributed by atoms with van der Waals surface area (Å²) < 4.78 is 3.07. The molecule has 2 heterocycles. The van der Waals surface area contributed by atoms with Gasteiger partial charge >= 0.3 is 0 Å². The molecule has 1 aliphatic heterocycles. The number of aromatic nitrogens is 2. The van der Waals surface area contributed by atoms with Gasteiger partial charge < -0.3 is 0 Å². The molecular weight excluding hydrogens is 348 g/mol. The first kappa shape index (κ1) is 14.5. The molecule has 0 N–H and O–H groups in total. The molecule has 0 aliphatic carbocycles. The number of halogens is 1. The molecule has 0 saturated heterocycles. The Bertz CT molecular complexity index is 748. The second-order valence-corrected chi connectivity index (χ2v) is 7.81. The Labute approximate surface area is 135 Å². The van der Waals surface area contributed by atoms with Crippen molar-refractivity contribution in [2.45, 2.75) is 32.2 Å². The summed E-state index contributed by atoms with van der Waals surface area (Å²) in [7, 11) is -0.579. The Kier molecular flexibility index (Phi) is 3.99. The second kappa shape index (κ2) is 5.77. The zero-order valence-electron chi connectivity index (χ0n) is 12.2. The van der Waals surface area contributed by atoms with Crippen molar-refractivity contribution >= 4 is 37.4 Å². The van der Waals surface area contributed by atoms with Gasteiger partial charge in [-0.3, -0.25) is 4.68 Å². The van der Waals surface area contributed by atoms with Crippen molar-refractivity contribution in [3.05, 3.63) is 45.7 Å². The first-order valence-corrected chi connectivity index (χ1v) is 8.92. The van der Waals surface area contributed by atoms with Crippen LogP contribution in [-0.2, 0) is 6.54 Å². The minimum atomic E-state index is -0.579. The van der Waals surface area contributed by atoms with E-state index in [1.807, 2.05) is 17.2 Å². The predicted octanol–water partition coefficient (Wildman–Crippen LogP) is 3.99. The number of thiol groups is 1. The third kappa shape index (κ3) is 2.70. The van der Waals surface area contributed by atoms with Gasteiger partial charge in [-0.25, -0.2) is 0 Å². The summed E-state index contributed by atoms with van der Waals surface area (Å²) in [5, 5.41) is 14.2. The molecule has 1 aromatic heterocycles. The number of benzene rings is 1. The SMILES string of the molecule is Cc1ccccc1[SH]1C=NN=C1Cn1nc(C)c(Br)c1C. The lowest BCUT2D eigenvalue weighted by atomic mass is 10.2. The third-order valence-electron chi connectivity index (χ3n) is 3.58. The van der Waals surface area contributed by atoms with Gasteiger partial charge in [0.05, 0.1) is 28.0 Å². The van der Waals surface area contributed by atoms with Crippen molar-refractivity contribution in [1.82, 2.24) is 9.78 Å². The van der Waals surface area contributed by atoms with Crippen molar-refractivity contribution in [3.63, 3.8) is 0 Å². The molecule has 1 unspecified atom stereocenters. The Morgan fingerprint density at radius 2 is 1.95 bits per heavy atom. The Balaban J connectivity index is 1.89. The van der Waals surface area contributed by atoms with Crippen molar-refractivity contribution in [1.29, 1.82) is 0 Å². The lowest BCUT2D eigenvalue weighted by molar-refractivity contribution is 0.695. The minimum Gasteiger partial charge on any atom is -0.262 e. The van der Waals surface area contributed by atoms with Gasteiger partial charge in [0.15, 0.2) is 0 Å². The smallest absolute Gasteiger partial charge is 0.107 e. The molecule has 3 rings (SSSR count). The molecule has 2 aromatic rings. The highest BCUT2D eigenvalue weighted by molar-refractivity contribution is 9.10. The van der Waals surface area contributed by atoms with Gasteiger partial charge in [-0.05, 0) is 48.3 Å². The fraction of sp³-hybridized carbons (Fsp3) is 0.267. The van der Waals surface area contributed by atoms with Crippen LogP contribution in [0.3, 0.4) is 0 Å². The molecule has 1 aromatic carbocycles. The molecule has 21 heavy (non-hydrogen) atoms. The lowest BCUT2D eigenvalue weighted by Gasteiger charge is -2.17. The van der Waals surface area contributed by atoms with Gasteiger partial charge in [0, 0.05) is 4.90 Å². The van der Waals surface area contributed by atoms with Crippen LogP contribution < -0.4 is 0 Å². The highest BCUT2D eigenvalue weighted by Gasteiger charge is 2.20. The summed E-state index contributed by atoms with van der Waals surface area (Å²) in [6.07, 6.45) is 0. The van der Waals surface area contributed by atoms with Gasteiger partial charge in [0.1, 0.15) is 5.04 Å². The third-order valence-corrected chi connectivity index (χ3v) is 6.87. The predicted molar refractivity (Wildman–Crippen MR) is 93.8 cm³/mol. The largest absolute Gasteiger partial charge is 0.262 e. The van der Waals surface area contributed by atoms with E-state index in [-0.39, 0.29) is 0 Å². The summed E-state index contributed by atoms with van der Waals surface area (Å²) in [6.45, 7) is 6.90. The normalized spacial score (nSPS) is 19.0. The molecule has 4 nitrogen and oxygen atoms in total. The minimum absolute atomic E-state index is 0.579. The molecule has 1 aliphatic rings. The number of hydrogen-bond acceptors (Lipinski definition) is 3. The molecule has 0 saturated carbocycles. The van der Waals surface area contributed by atoms with Crippen LogP contribution in [-0.4, -0.2) is 20.4 Å². The van der Waals surface area contributed by atoms with Crippen LogP contribution in [0.2, 0.25) is 0 Å². The number of rotatable bonds is 3. The van der Waals surface area contributed by atoms with Crippen molar-refractivity contribution in [3.8, 4) is 0 Å². The van der Waals surface area contributed by atoms with Crippen molar-refractivity contribution in [2.24, 2.45) is 10.2 Å². The van der Waals surface area contributed by atoms with Gasteiger partial charge in [-0.15, -0.1) is 16.0 Å². The van der Waals surface area contributed by atoms with Gasteiger partial charge in [0.2, 0.25) is 0 Å². The Hall–Kier alpha value is -1.40. The van der Waals surface area contributed by atoms with E-state index < -0.39 is 10.9 Å². The van der Waals surface area contributed by atoms with E-state index in [0.29, 0.717) is 6.54 Å². The van der Waals surface area contributed by atoms with Crippen molar-refractivity contribution < 1.29 is 0 Å². The van der Waals surface area contributed by atoms with E-state index in [9.17, 15) is 0 Å². The number of nitrogens with zero attached hydrogens (tertiary/aromatic N) is 4. The Morgan fingerprint density at radius 1 is 1.19 bits per heavy atom. The summed E-state index contributed by atoms with van der Waals surface area (Å²) in [4.78, 5) is 1.33. The summed E-state index contributed by atoms with van der Waals surface area (Å²) >= 11 is 3.57. The molecule has 0 radical (unpaired) electrons. The maximum absolute atomic E-state index is 4.57. The van der Waals surface area contributed by atoms with E-state index >= 15 is 0 Å². The van der Waals surface area contributed by atoms with E-state index in [1.54, 1.807) is 0 Å². The lowest BCUT2D eigenvalue weighted by Crippen LogP contribution is -2.12.